The van der Waals surface area contributed by atoms with Crippen LogP contribution in [0, 0.1) is 18.3 Å². The van der Waals surface area contributed by atoms with Crippen LogP contribution in [0.5, 0.6) is 5.75 Å². The van der Waals surface area contributed by atoms with Gasteiger partial charge in [-0.15, -0.1) is 6.58 Å². The second kappa shape index (κ2) is 6.49. The molecule has 124 valence electrons. The van der Waals surface area contributed by atoms with Crippen LogP contribution in [0.2, 0.25) is 0 Å². The van der Waals surface area contributed by atoms with E-state index >= 15 is 0 Å². The van der Waals surface area contributed by atoms with Crippen molar-refractivity contribution in [2.45, 2.75) is 13.5 Å². The quantitative estimate of drug-likeness (QED) is 0.715. The third-order valence-electron chi connectivity index (χ3n) is 3.96. The molecule has 0 amide bonds. The van der Waals surface area contributed by atoms with E-state index in [1.807, 2.05) is 13.1 Å². The fraction of sp³-hybridized carbons (Fsp3) is 0.105. The van der Waals surface area contributed by atoms with E-state index in [-0.39, 0.29) is 11.6 Å². The Morgan fingerprint density at radius 2 is 2.04 bits per heavy atom. The lowest BCUT2D eigenvalue weighted by Gasteiger charge is -2.14. The number of benzene rings is 1. The van der Waals surface area contributed by atoms with E-state index < -0.39 is 0 Å². The van der Waals surface area contributed by atoms with E-state index in [9.17, 15) is 10.4 Å². The van der Waals surface area contributed by atoms with Crippen LogP contribution in [-0.2, 0) is 6.54 Å². The van der Waals surface area contributed by atoms with Crippen molar-refractivity contribution in [3.8, 4) is 34.2 Å². The molecule has 0 spiro atoms. The average molecular weight is 331 g/mol. The normalized spacial score (nSPS) is 10.4. The summed E-state index contributed by atoms with van der Waals surface area (Å²) in [5.74, 6) is 0.344. The number of hydrogen-bond donors (Lipinski definition) is 2. The Morgan fingerprint density at radius 3 is 2.68 bits per heavy atom. The van der Waals surface area contributed by atoms with Crippen LogP contribution in [0.4, 0.5) is 5.82 Å². The molecule has 2 heterocycles. The first-order chi connectivity index (χ1) is 12.0. The summed E-state index contributed by atoms with van der Waals surface area (Å²) in [7, 11) is 0. The maximum absolute atomic E-state index is 9.55. The molecule has 0 unspecified atom stereocenters. The zero-order valence-electron chi connectivity index (χ0n) is 13.8. The minimum absolute atomic E-state index is 0.169. The number of pyridine rings is 1. The maximum atomic E-state index is 9.55. The van der Waals surface area contributed by atoms with Crippen LogP contribution in [0.25, 0.3) is 22.4 Å². The molecular formula is C19H17N5O. The lowest BCUT2D eigenvalue weighted by atomic mass is 9.94. The summed E-state index contributed by atoms with van der Waals surface area (Å²) in [5, 5.41) is 23.3. The number of phenolic OH excluding ortho intramolecular Hbond substituents is 1. The highest BCUT2D eigenvalue weighted by Gasteiger charge is 2.19. The summed E-state index contributed by atoms with van der Waals surface area (Å²) in [4.78, 5) is 4.40. The highest BCUT2D eigenvalue weighted by Crippen LogP contribution is 2.35. The van der Waals surface area contributed by atoms with Gasteiger partial charge in [-0.05, 0) is 36.8 Å². The summed E-state index contributed by atoms with van der Waals surface area (Å²) < 4.78 is 1.74. The number of nitrogens with two attached hydrogens (primary N) is 1. The van der Waals surface area contributed by atoms with Gasteiger partial charge >= 0.3 is 0 Å². The number of aromatic hydroxyl groups is 1. The van der Waals surface area contributed by atoms with Gasteiger partial charge in [-0.3, -0.25) is 4.68 Å². The Labute approximate surface area is 145 Å². The molecule has 0 atom stereocenters. The summed E-state index contributed by atoms with van der Waals surface area (Å²) >= 11 is 0. The SMILES string of the molecule is C=CCn1cc(-c2c(C)c(-c3ccc(O)cc3)nc(N)c2C#N)cn1. The number of nitrogen functional groups attached to an aromatic ring is 1. The number of rotatable bonds is 4. The van der Waals surface area contributed by atoms with Crippen LogP contribution in [0.1, 0.15) is 11.1 Å². The third kappa shape index (κ3) is 2.95. The molecule has 25 heavy (non-hydrogen) atoms. The fourth-order valence-corrected chi connectivity index (χ4v) is 2.79. The van der Waals surface area contributed by atoms with Crippen LogP contribution in [-0.4, -0.2) is 19.9 Å². The molecule has 6 nitrogen and oxygen atoms in total. The number of hydrogen-bond acceptors (Lipinski definition) is 5. The van der Waals surface area contributed by atoms with E-state index in [4.69, 9.17) is 5.73 Å². The molecule has 6 heteroatoms. The van der Waals surface area contributed by atoms with Crippen LogP contribution >= 0.6 is 0 Å². The second-order valence-electron chi connectivity index (χ2n) is 5.62. The number of nitrogens with zero attached hydrogens (tertiary/aromatic N) is 4. The minimum Gasteiger partial charge on any atom is -0.508 e. The summed E-state index contributed by atoms with van der Waals surface area (Å²) in [6, 6.07) is 8.86. The second-order valence-corrected chi connectivity index (χ2v) is 5.62. The molecule has 0 saturated carbocycles. The van der Waals surface area contributed by atoms with E-state index in [0.29, 0.717) is 23.4 Å². The van der Waals surface area contributed by atoms with E-state index in [1.165, 1.54) is 0 Å². The highest BCUT2D eigenvalue weighted by atomic mass is 16.3. The van der Waals surface area contributed by atoms with E-state index in [1.54, 1.807) is 41.2 Å². The zero-order chi connectivity index (χ0) is 18.0. The molecule has 0 aliphatic rings. The van der Waals surface area contributed by atoms with Gasteiger partial charge in [0.25, 0.3) is 0 Å². The minimum atomic E-state index is 0.169. The van der Waals surface area contributed by atoms with Crippen molar-refractivity contribution in [1.29, 1.82) is 5.26 Å². The predicted molar refractivity (Wildman–Crippen MR) is 96.6 cm³/mol. The molecule has 3 aromatic rings. The molecule has 3 rings (SSSR count). The molecule has 0 saturated heterocycles. The van der Waals surface area contributed by atoms with Crippen molar-refractivity contribution >= 4 is 5.82 Å². The van der Waals surface area contributed by atoms with Crippen molar-refractivity contribution in [2.24, 2.45) is 0 Å². The first-order valence-electron chi connectivity index (χ1n) is 7.68. The molecule has 0 aliphatic heterocycles. The Bertz CT molecular complexity index is 980. The Balaban J connectivity index is 2.24. The van der Waals surface area contributed by atoms with Crippen molar-refractivity contribution in [3.05, 3.63) is 60.4 Å². The van der Waals surface area contributed by atoms with Gasteiger partial charge in [-0.2, -0.15) is 10.4 Å². The van der Waals surface area contributed by atoms with Crippen molar-refractivity contribution < 1.29 is 5.11 Å². The van der Waals surface area contributed by atoms with Gasteiger partial charge < -0.3 is 10.8 Å². The monoisotopic (exact) mass is 331 g/mol. The molecule has 0 fully saturated rings. The summed E-state index contributed by atoms with van der Waals surface area (Å²) in [6.07, 6.45) is 5.30. The highest BCUT2D eigenvalue weighted by molar-refractivity contribution is 5.83. The number of anilines is 1. The molecule has 2 aromatic heterocycles. The lowest BCUT2D eigenvalue weighted by molar-refractivity contribution is 0.475. The maximum Gasteiger partial charge on any atom is 0.142 e. The Morgan fingerprint density at radius 1 is 1.32 bits per heavy atom. The van der Waals surface area contributed by atoms with Crippen molar-refractivity contribution in [2.75, 3.05) is 5.73 Å². The van der Waals surface area contributed by atoms with Gasteiger partial charge in [0.15, 0.2) is 0 Å². The standard InChI is InChI=1S/C19H17N5O/c1-3-8-24-11-14(10-22-24)17-12(2)18(23-19(21)16(17)9-20)13-4-6-15(25)7-5-13/h3-7,10-11,25H,1,8H2,2H3,(H2,21,23). The molecule has 3 N–H and O–H groups in total. The molecule has 0 radical (unpaired) electrons. The molecule has 0 aliphatic carbocycles. The third-order valence-corrected chi connectivity index (χ3v) is 3.96. The Kier molecular flexibility index (Phi) is 4.23. The number of phenols is 1. The number of allylic oxidation sites excluding steroid dienone is 1. The van der Waals surface area contributed by atoms with E-state index in [0.717, 1.165) is 16.7 Å². The van der Waals surface area contributed by atoms with Crippen LogP contribution < -0.4 is 5.73 Å². The largest absolute Gasteiger partial charge is 0.508 e. The van der Waals surface area contributed by atoms with Crippen LogP contribution in [0.3, 0.4) is 0 Å². The van der Waals surface area contributed by atoms with Crippen LogP contribution in [0.15, 0.2) is 49.3 Å². The predicted octanol–water partition coefficient (Wildman–Crippen LogP) is 3.27. The topological polar surface area (TPSA) is 101 Å². The van der Waals surface area contributed by atoms with Gasteiger partial charge in [0, 0.05) is 22.9 Å². The smallest absolute Gasteiger partial charge is 0.142 e. The van der Waals surface area contributed by atoms with Gasteiger partial charge in [0.05, 0.1) is 18.4 Å². The molecular weight excluding hydrogens is 314 g/mol. The first-order valence-corrected chi connectivity index (χ1v) is 7.68. The first kappa shape index (κ1) is 16.3. The number of nitriles is 1. The van der Waals surface area contributed by atoms with Crippen molar-refractivity contribution in [3.63, 3.8) is 0 Å². The molecule has 0 bridgehead atoms. The van der Waals surface area contributed by atoms with Crippen molar-refractivity contribution in [1.82, 2.24) is 14.8 Å². The van der Waals surface area contributed by atoms with E-state index in [2.05, 4.69) is 22.7 Å². The van der Waals surface area contributed by atoms with Gasteiger partial charge in [-0.1, -0.05) is 6.08 Å². The lowest BCUT2D eigenvalue weighted by Crippen LogP contribution is -2.03. The fourth-order valence-electron chi connectivity index (χ4n) is 2.79. The molecule has 1 aromatic carbocycles. The zero-order valence-corrected chi connectivity index (χ0v) is 13.8. The van der Waals surface area contributed by atoms with Gasteiger partial charge in [0.1, 0.15) is 23.2 Å². The summed E-state index contributed by atoms with van der Waals surface area (Å²) in [6.45, 7) is 6.17. The summed E-state index contributed by atoms with van der Waals surface area (Å²) in [5.41, 5.74) is 10.2. The Hall–Kier alpha value is -3.59. The average Bonchev–Trinajstić information content (AvgIpc) is 3.05. The van der Waals surface area contributed by atoms with Gasteiger partial charge in [-0.25, -0.2) is 4.98 Å². The number of aromatic nitrogens is 3. The van der Waals surface area contributed by atoms with Gasteiger partial charge in [0.2, 0.25) is 0 Å².